The van der Waals surface area contributed by atoms with Crippen molar-refractivity contribution < 1.29 is 29.3 Å². The molecule has 0 aliphatic rings. The summed E-state index contributed by atoms with van der Waals surface area (Å²) in [5.74, 6) is -1.12. The van der Waals surface area contributed by atoms with E-state index in [-0.39, 0.29) is 24.5 Å². The average molecular weight is 392 g/mol. The summed E-state index contributed by atoms with van der Waals surface area (Å²) in [5.41, 5.74) is 0.970. The van der Waals surface area contributed by atoms with Crippen LogP contribution in [0.2, 0.25) is 0 Å². The van der Waals surface area contributed by atoms with E-state index in [1.807, 2.05) is 30.3 Å². The Balaban J connectivity index is 0.000000841. The third kappa shape index (κ3) is 15.2. The second-order valence-electron chi connectivity index (χ2n) is 4.19. The molecule has 0 saturated carbocycles. The highest BCUT2D eigenvalue weighted by Gasteiger charge is 2.02. The average Bonchev–Trinajstić information content (AvgIpc) is 2.57. The molecule has 23 heavy (non-hydrogen) atoms. The Bertz CT molecular complexity index is 429. The molecular formula is C15H22BrNO6. The second kappa shape index (κ2) is 15.4. The number of esters is 1. The molecule has 130 valence electrons. The predicted octanol–water partition coefficient (Wildman–Crippen LogP) is 0.794. The van der Waals surface area contributed by atoms with Crippen LogP contribution in [0, 0.1) is 0 Å². The summed E-state index contributed by atoms with van der Waals surface area (Å²) in [6, 6.07) is 9.53. The van der Waals surface area contributed by atoms with Crippen LogP contribution in [0.25, 0.3) is 0 Å². The highest BCUT2D eigenvalue weighted by atomic mass is 79.9. The van der Waals surface area contributed by atoms with Gasteiger partial charge in [-0.3, -0.25) is 9.59 Å². The van der Waals surface area contributed by atoms with Crippen molar-refractivity contribution in [3.63, 3.8) is 0 Å². The van der Waals surface area contributed by atoms with Crippen LogP contribution < -0.4 is 5.32 Å². The van der Waals surface area contributed by atoms with Crippen LogP contribution >= 0.6 is 15.9 Å². The van der Waals surface area contributed by atoms with Crippen LogP contribution in [0.3, 0.4) is 0 Å². The number of aliphatic hydroxyl groups is 1. The molecule has 0 aliphatic carbocycles. The van der Waals surface area contributed by atoms with E-state index in [0.717, 1.165) is 5.56 Å². The van der Waals surface area contributed by atoms with E-state index in [2.05, 4.69) is 21.2 Å². The molecule has 1 aromatic rings. The third-order valence-corrected chi connectivity index (χ3v) is 2.76. The smallest absolute Gasteiger partial charge is 0.320 e. The number of benzene rings is 1. The normalized spacial score (nSPS) is 9.65. The molecule has 1 aromatic carbocycles. The van der Waals surface area contributed by atoms with Crippen LogP contribution in [-0.2, 0) is 25.7 Å². The Kier molecular flexibility index (Phi) is 14.4. The van der Waals surface area contributed by atoms with Gasteiger partial charge in [-0.2, -0.15) is 0 Å². The van der Waals surface area contributed by atoms with Crippen molar-refractivity contribution in [3.8, 4) is 0 Å². The topological polar surface area (TPSA) is 105 Å². The van der Waals surface area contributed by atoms with Gasteiger partial charge in [-0.1, -0.05) is 46.3 Å². The van der Waals surface area contributed by atoms with Gasteiger partial charge in [0.2, 0.25) is 0 Å². The van der Waals surface area contributed by atoms with E-state index in [9.17, 15) is 9.59 Å². The molecule has 0 spiro atoms. The van der Waals surface area contributed by atoms with Crippen molar-refractivity contribution in [3.05, 3.63) is 35.9 Å². The summed E-state index contributed by atoms with van der Waals surface area (Å²) < 4.78 is 10.1. The first-order valence-electron chi connectivity index (χ1n) is 6.96. The number of carbonyl (C=O) groups is 2. The number of hydrogen-bond donors (Lipinski definition) is 3. The van der Waals surface area contributed by atoms with E-state index >= 15 is 0 Å². The number of aliphatic hydroxyl groups excluding tert-OH is 1. The van der Waals surface area contributed by atoms with Crippen LogP contribution in [0.5, 0.6) is 0 Å². The van der Waals surface area contributed by atoms with Gasteiger partial charge in [0.15, 0.2) is 0 Å². The fourth-order valence-corrected chi connectivity index (χ4v) is 1.29. The fourth-order valence-electron chi connectivity index (χ4n) is 1.29. The van der Waals surface area contributed by atoms with Gasteiger partial charge in [-0.25, -0.2) is 0 Å². The Hall–Kier alpha value is -1.48. The zero-order valence-electron chi connectivity index (χ0n) is 12.7. The monoisotopic (exact) mass is 391 g/mol. The SMILES string of the molecule is O=C(CNCCOCCO)OCc1ccccc1.O=C(O)CBr. The maximum absolute atomic E-state index is 11.3. The van der Waals surface area contributed by atoms with Crippen molar-refractivity contribution in [2.24, 2.45) is 0 Å². The number of carboxylic acids is 1. The molecule has 0 unspecified atom stereocenters. The number of hydrogen-bond acceptors (Lipinski definition) is 6. The van der Waals surface area contributed by atoms with Gasteiger partial charge in [-0.15, -0.1) is 0 Å². The largest absolute Gasteiger partial charge is 0.481 e. The van der Waals surface area contributed by atoms with Crippen LogP contribution in [-0.4, -0.2) is 60.4 Å². The number of aliphatic carboxylic acids is 1. The lowest BCUT2D eigenvalue weighted by Crippen LogP contribution is -2.28. The lowest BCUT2D eigenvalue weighted by atomic mass is 10.2. The van der Waals surface area contributed by atoms with Crippen molar-refractivity contribution in [1.82, 2.24) is 5.32 Å². The van der Waals surface area contributed by atoms with Crippen molar-refractivity contribution in [2.75, 3.05) is 38.2 Å². The maximum atomic E-state index is 11.3. The number of nitrogens with one attached hydrogen (secondary N) is 1. The quantitative estimate of drug-likeness (QED) is 0.307. The first kappa shape index (κ1) is 21.5. The zero-order chi connectivity index (χ0) is 17.3. The molecule has 1 rings (SSSR count). The van der Waals surface area contributed by atoms with Gasteiger partial charge in [0.25, 0.3) is 0 Å². The van der Waals surface area contributed by atoms with Crippen LogP contribution in [0.1, 0.15) is 5.56 Å². The third-order valence-electron chi connectivity index (χ3n) is 2.29. The van der Waals surface area contributed by atoms with Gasteiger partial charge in [0.05, 0.1) is 26.4 Å². The summed E-state index contributed by atoms with van der Waals surface area (Å²) in [4.78, 5) is 20.7. The summed E-state index contributed by atoms with van der Waals surface area (Å²) in [7, 11) is 0. The number of carbonyl (C=O) groups excluding carboxylic acids is 1. The van der Waals surface area contributed by atoms with Crippen molar-refractivity contribution >= 4 is 27.9 Å². The molecule has 0 fully saturated rings. The number of carboxylic acid groups (broad SMARTS) is 1. The number of rotatable bonds is 10. The first-order chi connectivity index (χ1) is 11.1. The number of ether oxygens (including phenoxy) is 2. The van der Waals surface area contributed by atoms with Gasteiger partial charge in [0, 0.05) is 6.54 Å². The standard InChI is InChI=1S/C13H19NO4.C2H3BrO2/c15-7-9-17-8-6-14-10-13(16)18-11-12-4-2-1-3-5-12;3-1-2(4)5/h1-5,14-15H,6-11H2;1H2,(H,4,5). The van der Waals surface area contributed by atoms with Crippen LogP contribution in [0.15, 0.2) is 30.3 Å². The maximum Gasteiger partial charge on any atom is 0.320 e. The Morgan fingerprint density at radius 2 is 1.83 bits per heavy atom. The van der Waals surface area contributed by atoms with Gasteiger partial charge in [-0.05, 0) is 5.56 Å². The summed E-state index contributed by atoms with van der Waals surface area (Å²) in [6.07, 6.45) is 0. The zero-order valence-corrected chi connectivity index (χ0v) is 14.3. The minimum atomic E-state index is -0.829. The number of halogens is 1. The van der Waals surface area contributed by atoms with E-state index < -0.39 is 5.97 Å². The Labute approximate surface area is 143 Å². The minimum absolute atomic E-state index is 0.0130. The lowest BCUT2D eigenvalue weighted by molar-refractivity contribution is -0.143. The first-order valence-corrected chi connectivity index (χ1v) is 8.09. The summed E-state index contributed by atoms with van der Waals surface area (Å²) in [5, 5.41) is 19.1. The molecule has 0 radical (unpaired) electrons. The Morgan fingerprint density at radius 3 is 2.39 bits per heavy atom. The highest BCUT2D eigenvalue weighted by molar-refractivity contribution is 9.09. The van der Waals surface area contributed by atoms with E-state index in [1.54, 1.807) is 0 Å². The molecule has 3 N–H and O–H groups in total. The molecule has 0 aliphatic heterocycles. The van der Waals surface area contributed by atoms with Crippen LogP contribution in [0.4, 0.5) is 0 Å². The van der Waals surface area contributed by atoms with Crippen molar-refractivity contribution in [1.29, 1.82) is 0 Å². The minimum Gasteiger partial charge on any atom is -0.481 e. The second-order valence-corrected chi connectivity index (χ2v) is 4.75. The van der Waals surface area contributed by atoms with Crippen molar-refractivity contribution in [2.45, 2.75) is 6.61 Å². The number of alkyl halides is 1. The van der Waals surface area contributed by atoms with E-state index in [4.69, 9.17) is 19.7 Å². The van der Waals surface area contributed by atoms with Gasteiger partial charge >= 0.3 is 11.9 Å². The fraction of sp³-hybridized carbons (Fsp3) is 0.467. The lowest BCUT2D eigenvalue weighted by Gasteiger charge is -2.06. The Morgan fingerprint density at radius 1 is 1.17 bits per heavy atom. The van der Waals surface area contributed by atoms with E-state index in [0.29, 0.717) is 26.4 Å². The molecule has 7 nitrogen and oxygen atoms in total. The molecule has 0 aromatic heterocycles. The highest BCUT2D eigenvalue weighted by Crippen LogP contribution is 2.00. The van der Waals surface area contributed by atoms with Gasteiger partial charge in [0.1, 0.15) is 11.9 Å². The van der Waals surface area contributed by atoms with Gasteiger partial charge < -0.3 is 25.0 Å². The summed E-state index contributed by atoms with van der Waals surface area (Å²) >= 11 is 2.71. The van der Waals surface area contributed by atoms with E-state index in [1.165, 1.54) is 0 Å². The molecular weight excluding hydrogens is 370 g/mol. The predicted molar refractivity (Wildman–Crippen MR) is 88.4 cm³/mol. The molecule has 0 bridgehead atoms. The molecule has 0 heterocycles. The molecule has 8 heteroatoms. The molecule has 0 saturated heterocycles. The molecule has 0 atom stereocenters. The molecule has 0 amide bonds. The summed E-state index contributed by atoms with van der Waals surface area (Å²) in [6.45, 7) is 1.81.